The van der Waals surface area contributed by atoms with Gasteiger partial charge in [-0.15, -0.1) is 0 Å². The second-order valence-corrected chi connectivity index (χ2v) is 17.3. The van der Waals surface area contributed by atoms with Crippen molar-refractivity contribution in [2.24, 2.45) is 0 Å². The molecule has 1 heterocycles. The van der Waals surface area contributed by atoms with E-state index in [0.29, 0.717) is 24.4 Å². The average molecular weight is 937 g/mol. The number of carbonyl (C=O) groups excluding carboxylic acids is 4. The summed E-state index contributed by atoms with van der Waals surface area (Å²) >= 11 is 0. The van der Waals surface area contributed by atoms with Gasteiger partial charge in [-0.05, 0) is 165 Å². The van der Waals surface area contributed by atoms with E-state index in [1.54, 1.807) is 24.3 Å². The van der Waals surface area contributed by atoms with E-state index in [1.807, 2.05) is 109 Å². The smallest absolute Gasteiger partial charge is 0.338 e. The number of anilines is 4. The summed E-state index contributed by atoms with van der Waals surface area (Å²) in [5, 5.41) is 12.2. The van der Waals surface area contributed by atoms with Crippen molar-refractivity contribution in [1.82, 2.24) is 20.0 Å². The molecule has 0 spiro atoms. The molecular weight excluding hydrogens is 853 g/mol. The van der Waals surface area contributed by atoms with Gasteiger partial charge >= 0.3 is 5.97 Å². The minimum absolute atomic E-state index is 0.0164. The first kappa shape index (κ1) is 58.5. The van der Waals surface area contributed by atoms with Crippen LogP contribution in [-0.4, -0.2) is 116 Å². The number of nitrogens with one attached hydrogen (secondary N) is 4. The summed E-state index contributed by atoms with van der Waals surface area (Å²) in [7, 11) is 2.04. The van der Waals surface area contributed by atoms with Crippen LogP contribution in [0, 0.1) is 34.6 Å². The Bertz CT molecular complexity index is 2080. The molecule has 4 aromatic rings. The summed E-state index contributed by atoms with van der Waals surface area (Å²) in [5.74, 6) is -0.0828. The maximum Gasteiger partial charge on any atom is 0.338 e. The van der Waals surface area contributed by atoms with Gasteiger partial charge in [0.25, 0.3) is 0 Å². The number of ether oxygens (including phenoxy) is 1. The zero-order valence-electron chi connectivity index (χ0n) is 43.4. The second-order valence-electron chi connectivity index (χ2n) is 17.3. The molecule has 68 heavy (non-hydrogen) atoms. The molecule has 1 fully saturated rings. The van der Waals surface area contributed by atoms with E-state index in [4.69, 9.17) is 10.5 Å². The number of benzene rings is 4. The van der Waals surface area contributed by atoms with Gasteiger partial charge in [0.05, 0.1) is 24.2 Å². The van der Waals surface area contributed by atoms with Crippen LogP contribution in [-0.2, 0) is 19.1 Å². The third kappa shape index (κ3) is 21.1. The van der Waals surface area contributed by atoms with Gasteiger partial charge in [0.15, 0.2) is 0 Å². The number of esters is 1. The fraction of sp³-hybridized carbons (Fsp3) is 0.491. The molecular formula is C55H84N8O5. The molecule has 4 aromatic carbocycles. The Morgan fingerprint density at radius 2 is 1.22 bits per heavy atom. The van der Waals surface area contributed by atoms with Crippen LogP contribution in [0.25, 0.3) is 0 Å². The van der Waals surface area contributed by atoms with Gasteiger partial charge in [0.1, 0.15) is 6.61 Å². The number of piperidine rings is 1. The van der Waals surface area contributed by atoms with E-state index in [-0.39, 0.29) is 35.8 Å². The van der Waals surface area contributed by atoms with Gasteiger partial charge in [-0.3, -0.25) is 24.2 Å². The number of para-hydroxylation sites is 3. The summed E-state index contributed by atoms with van der Waals surface area (Å²) in [6.07, 6.45) is 4.34. The molecule has 3 amide bonds. The van der Waals surface area contributed by atoms with Gasteiger partial charge in [-0.1, -0.05) is 95.6 Å². The van der Waals surface area contributed by atoms with Crippen LogP contribution in [0.15, 0.2) is 84.9 Å². The molecule has 1 saturated heterocycles. The number of nitrogens with two attached hydrogens (primary N) is 1. The van der Waals surface area contributed by atoms with E-state index in [9.17, 15) is 19.2 Å². The molecule has 2 atom stereocenters. The Hall–Kier alpha value is -5.60. The summed E-state index contributed by atoms with van der Waals surface area (Å²) in [5.41, 5.74) is 15.1. The van der Waals surface area contributed by atoms with Gasteiger partial charge in [-0.2, -0.15) is 0 Å². The molecule has 1 aliphatic rings. The predicted molar refractivity (Wildman–Crippen MR) is 284 cm³/mol. The van der Waals surface area contributed by atoms with Crippen LogP contribution in [0.4, 0.5) is 22.7 Å². The predicted octanol–water partition coefficient (Wildman–Crippen LogP) is 9.40. The lowest BCUT2D eigenvalue weighted by molar-refractivity contribution is -0.122. The quantitative estimate of drug-likeness (QED) is 0.0480. The number of carbonyl (C=O) groups is 4. The van der Waals surface area contributed by atoms with Crippen molar-refractivity contribution >= 4 is 46.4 Å². The van der Waals surface area contributed by atoms with Crippen LogP contribution in [0.2, 0.25) is 0 Å². The molecule has 0 aromatic heterocycles. The number of hydrogen-bond acceptors (Lipinski definition) is 10. The third-order valence-electron chi connectivity index (χ3n) is 12.0. The number of aryl methyl sites for hydroxylation is 5. The first-order valence-electron chi connectivity index (χ1n) is 24.5. The second kappa shape index (κ2) is 32.2. The number of likely N-dealkylation sites (N-methyl/N-ethyl adjacent to an activating group) is 3. The molecule has 0 aliphatic carbocycles. The average Bonchev–Trinajstić information content (AvgIpc) is 3.33. The largest absolute Gasteiger partial charge is 0.461 e. The highest BCUT2D eigenvalue weighted by Crippen LogP contribution is 2.23. The Balaban J connectivity index is 0.000000312. The number of likely N-dealkylation sites (tertiary alicyclic amines) is 1. The van der Waals surface area contributed by atoms with Crippen molar-refractivity contribution in [1.29, 1.82) is 0 Å². The molecule has 0 saturated carbocycles. The zero-order chi connectivity index (χ0) is 50.6. The van der Waals surface area contributed by atoms with Crippen LogP contribution in [0.1, 0.15) is 105 Å². The summed E-state index contributed by atoms with van der Waals surface area (Å²) < 4.78 is 5.18. The monoisotopic (exact) mass is 937 g/mol. The number of nitrogen functional groups attached to an aromatic ring is 1. The fourth-order valence-corrected chi connectivity index (χ4v) is 7.38. The summed E-state index contributed by atoms with van der Waals surface area (Å²) in [4.78, 5) is 54.1. The normalized spacial score (nSPS) is 13.6. The van der Waals surface area contributed by atoms with Crippen molar-refractivity contribution in [3.8, 4) is 0 Å². The minimum Gasteiger partial charge on any atom is -0.461 e. The molecule has 5 rings (SSSR count). The van der Waals surface area contributed by atoms with Crippen LogP contribution >= 0.6 is 0 Å². The third-order valence-corrected chi connectivity index (χ3v) is 12.0. The van der Waals surface area contributed by atoms with Crippen LogP contribution in [0.3, 0.4) is 0 Å². The summed E-state index contributed by atoms with van der Waals surface area (Å²) in [6.45, 7) is 29.6. The topological polar surface area (TPSA) is 161 Å². The van der Waals surface area contributed by atoms with Gasteiger partial charge in [0.2, 0.25) is 17.7 Å². The molecule has 1 aliphatic heterocycles. The lowest BCUT2D eigenvalue weighted by Gasteiger charge is -2.31. The van der Waals surface area contributed by atoms with E-state index in [2.05, 4.69) is 70.6 Å². The van der Waals surface area contributed by atoms with Crippen LogP contribution < -0.4 is 27.0 Å². The van der Waals surface area contributed by atoms with E-state index in [0.717, 1.165) is 110 Å². The highest BCUT2D eigenvalue weighted by atomic mass is 16.5. The van der Waals surface area contributed by atoms with Crippen molar-refractivity contribution < 1.29 is 23.9 Å². The van der Waals surface area contributed by atoms with E-state index >= 15 is 0 Å². The SMILES string of the molecule is CCCNC(C)C(=O)Nc1ccccc1C.CCN(CC)CC(=O)Nc1c(C)cccc1C.CCN(CC)CCOC(=O)c1ccc(N)cc1.Cc1cccc(C)c1NC(=O)C1CCCCN1C. The van der Waals surface area contributed by atoms with E-state index in [1.165, 1.54) is 6.42 Å². The van der Waals surface area contributed by atoms with Gasteiger partial charge in [0, 0.05) is 29.3 Å². The van der Waals surface area contributed by atoms with Crippen molar-refractivity contribution in [3.63, 3.8) is 0 Å². The molecule has 6 N–H and O–H groups in total. The number of nitrogens with zero attached hydrogens (tertiary/aromatic N) is 3. The Morgan fingerprint density at radius 3 is 1.74 bits per heavy atom. The van der Waals surface area contributed by atoms with Crippen molar-refractivity contribution in [2.75, 3.05) is 87.7 Å². The molecule has 13 nitrogen and oxygen atoms in total. The highest BCUT2D eigenvalue weighted by Gasteiger charge is 2.26. The lowest BCUT2D eigenvalue weighted by Crippen LogP contribution is -2.44. The van der Waals surface area contributed by atoms with Crippen molar-refractivity contribution in [2.45, 2.75) is 114 Å². The zero-order valence-corrected chi connectivity index (χ0v) is 43.4. The molecule has 2 unspecified atom stereocenters. The molecule has 0 bridgehead atoms. The highest BCUT2D eigenvalue weighted by molar-refractivity contribution is 5.96. The Kier molecular flexibility index (Phi) is 27.7. The maximum absolute atomic E-state index is 12.3. The molecule has 374 valence electrons. The number of amides is 3. The molecule has 0 radical (unpaired) electrons. The first-order chi connectivity index (χ1) is 32.5. The fourth-order valence-electron chi connectivity index (χ4n) is 7.38. The number of rotatable bonds is 18. The number of hydrogen-bond donors (Lipinski definition) is 5. The van der Waals surface area contributed by atoms with E-state index < -0.39 is 0 Å². The van der Waals surface area contributed by atoms with Crippen LogP contribution in [0.5, 0.6) is 0 Å². The standard InChI is InChI=1S/C15H22N2O.C14H22N2O.C13H20N2O2.C13H20N2O/c1-11-7-6-8-12(2)14(11)16-15(18)13-9-4-5-10-17(13)3;1-5-16(6-2)10-13(17)15-14-11(3)8-7-9-12(14)4;1-3-15(4-2)9-10-17-13(16)11-5-7-12(14)8-6-11;1-4-9-14-11(3)13(16)15-12-8-6-5-7-10(12)2/h6-8,13H,4-5,9-10H2,1-3H3,(H,16,18);7-9H,5-6,10H2,1-4H3,(H,15,17);5-8H,3-4,9-10,14H2,1-2H3;5-8,11,14H,4,9H2,1-3H3,(H,15,16). The van der Waals surface area contributed by atoms with Gasteiger partial charge < -0.3 is 36.6 Å². The molecule has 13 heteroatoms. The first-order valence-corrected chi connectivity index (χ1v) is 24.5. The Labute approximate surface area is 409 Å². The lowest BCUT2D eigenvalue weighted by atomic mass is 10.0. The van der Waals surface area contributed by atoms with Crippen molar-refractivity contribution in [3.05, 3.63) is 118 Å². The summed E-state index contributed by atoms with van der Waals surface area (Å²) in [6, 6.07) is 26.5. The Morgan fingerprint density at radius 1 is 0.691 bits per heavy atom. The maximum atomic E-state index is 12.3. The van der Waals surface area contributed by atoms with Gasteiger partial charge in [-0.25, -0.2) is 4.79 Å². The minimum atomic E-state index is -0.294.